The molecule has 21 heavy (non-hydrogen) atoms. The third-order valence-corrected chi connectivity index (χ3v) is 3.35. The van der Waals surface area contributed by atoms with Crippen molar-refractivity contribution in [2.24, 2.45) is 5.73 Å². The van der Waals surface area contributed by atoms with Gasteiger partial charge in [0.2, 0.25) is 0 Å². The van der Waals surface area contributed by atoms with E-state index in [0.717, 1.165) is 16.5 Å². The number of amides is 1. The summed E-state index contributed by atoms with van der Waals surface area (Å²) in [5.41, 5.74) is 6.17. The zero-order chi connectivity index (χ0) is 15.7. The van der Waals surface area contributed by atoms with Crippen LogP contribution in [0.2, 0.25) is 0 Å². The third-order valence-electron chi connectivity index (χ3n) is 2.82. The van der Waals surface area contributed by atoms with Crippen molar-refractivity contribution < 1.29 is 19.4 Å². The summed E-state index contributed by atoms with van der Waals surface area (Å²) in [7, 11) is 0. The van der Waals surface area contributed by atoms with Crippen LogP contribution in [0.15, 0.2) is 28.7 Å². The Morgan fingerprint density at radius 3 is 2.52 bits per heavy atom. The standard InChI is InChI=1S/C14H19BrN2O4/c15-11-6-4-10(5-7-11)9-21-14(20)17-12(13(18)19)3-1-2-8-16/h4-7,12H,1-3,8-9,16H2,(H,17,20)(H,18,19)/t12-/m0/s1. The molecule has 1 atom stereocenters. The predicted molar refractivity (Wildman–Crippen MR) is 81.8 cm³/mol. The van der Waals surface area contributed by atoms with Crippen LogP contribution in [0.5, 0.6) is 0 Å². The molecule has 0 aliphatic carbocycles. The van der Waals surface area contributed by atoms with Gasteiger partial charge in [0.25, 0.3) is 0 Å². The topological polar surface area (TPSA) is 102 Å². The van der Waals surface area contributed by atoms with Crippen LogP contribution >= 0.6 is 15.9 Å². The molecule has 0 saturated carbocycles. The lowest BCUT2D eigenvalue weighted by molar-refractivity contribution is -0.139. The second-order valence-electron chi connectivity index (χ2n) is 4.52. The van der Waals surface area contributed by atoms with Crippen LogP contribution in [-0.4, -0.2) is 29.8 Å². The van der Waals surface area contributed by atoms with Gasteiger partial charge in [-0.2, -0.15) is 0 Å². The van der Waals surface area contributed by atoms with E-state index in [1.807, 2.05) is 24.3 Å². The smallest absolute Gasteiger partial charge is 0.408 e. The van der Waals surface area contributed by atoms with Crippen molar-refractivity contribution >= 4 is 28.0 Å². The minimum Gasteiger partial charge on any atom is -0.480 e. The van der Waals surface area contributed by atoms with E-state index >= 15 is 0 Å². The molecule has 1 rings (SSSR count). The quantitative estimate of drug-likeness (QED) is 0.618. The van der Waals surface area contributed by atoms with Crippen molar-refractivity contribution in [2.45, 2.75) is 31.9 Å². The van der Waals surface area contributed by atoms with E-state index in [0.29, 0.717) is 19.4 Å². The van der Waals surface area contributed by atoms with Gasteiger partial charge in [0.1, 0.15) is 12.6 Å². The van der Waals surface area contributed by atoms with Crippen molar-refractivity contribution in [2.75, 3.05) is 6.54 Å². The van der Waals surface area contributed by atoms with Gasteiger partial charge in [-0.15, -0.1) is 0 Å². The Labute approximate surface area is 131 Å². The number of nitrogens with two attached hydrogens (primary N) is 1. The van der Waals surface area contributed by atoms with Crippen LogP contribution in [0.1, 0.15) is 24.8 Å². The molecule has 0 unspecified atom stereocenters. The van der Waals surface area contributed by atoms with Crippen molar-refractivity contribution in [3.63, 3.8) is 0 Å². The lowest BCUT2D eigenvalue weighted by Crippen LogP contribution is -2.41. The first-order chi connectivity index (χ1) is 10.0. The summed E-state index contributed by atoms with van der Waals surface area (Å²) < 4.78 is 5.93. The Kier molecular flexibility index (Phi) is 7.78. The molecule has 0 heterocycles. The maximum absolute atomic E-state index is 11.6. The van der Waals surface area contributed by atoms with Crippen molar-refractivity contribution in [3.05, 3.63) is 34.3 Å². The van der Waals surface area contributed by atoms with Gasteiger partial charge in [-0.1, -0.05) is 28.1 Å². The lowest BCUT2D eigenvalue weighted by Gasteiger charge is -2.14. The monoisotopic (exact) mass is 358 g/mol. The molecule has 7 heteroatoms. The van der Waals surface area contributed by atoms with Crippen molar-refractivity contribution in [1.82, 2.24) is 5.32 Å². The largest absolute Gasteiger partial charge is 0.480 e. The number of carboxylic acid groups (broad SMARTS) is 1. The number of hydrogen-bond donors (Lipinski definition) is 3. The van der Waals surface area contributed by atoms with Crippen LogP contribution in [0.3, 0.4) is 0 Å². The van der Waals surface area contributed by atoms with Gasteiger partial charge in [0, 0.05) is 4.47 Å². The Morgan fingerprint density at radius 2 is 1.95 bits per heavy atom. The second kappa shape index (κ2) is 9.36. The highest BCUT2D eigenvalue weighted by Gasteiger charge is 2.19. The van der Waals surface area contributed by atoms with Crippen molar-refractivity contribution in [1.29, 1.82) is 0 Å². The summed E-state index contributed by atoms with van der Waals surface area (Å²) in [6.45, 7) is 0.592. The van der Waals surface area contributed by atoms with E-state index in [2.05, 4.69) is 21.2 Å². The predicted octanol–water partition coefficient (Wildman–Crippen LogP) is 2.26. The SMILES string of the molecule is NCCCC[C@H](NC(=O)OCc1ccc(Br)cc1)C(=O)O. The maximum atomic E-state index is 11.6. The molecule has 1 amide bonds. The fourth-order valence-electron chi connectivity index (χ4n) is 1.66. The summed E-state index contributed by atoms with van der Waals surface area (Å²) >= 11 is 3.31. The Hall–Kier alpha value is -1.60. The van der Waals surface area contributed by atoms with Crippen molar-refractivity contribution in [3.8, 4) is 0 Å². The molecule has 0 spiro atoms. The Bertz CT molecular complexity index is 465. The number of nitrogens with one attached hydrogen (secondary N) is 1. The van der Waals surface area contributed by atoms with Gasteiger partial charge in [0.15, 0.2) is 0 Å². The second-order valence-corrected chi connectivity index (χ2v) is 5.44. The maximum Gasteiger partial charge on any atom is 0.408 e. The highest BCUT2D eigenvalue weighted by Crippen LogP contribution is 2.11. The molecule has 1 aromatic rings. The zero-order valence-corrected chi connectivity index (χ0v) is 13.1. The number of ether oxygens (including phenoxy) is 1. The summed E-state index contributed by atoms with van der Waals surface area (Å²) in [6.07, 6.45) is 0.956. The Morgan fingerprint density at radius 1 is 1.29 bits per heavy atom. The molecule has 4 N–H and O–H groups in total. The van der Waals surface area contributed by atoms with Crippen LogP contribution in [0.25, 0.3) is 0 Å². The highest BCUT2D eigenvalue weighted by atomic mass is 79.9. The van der Waals surface area contributed by atoms with E-state index in [9.17, 15) is 9.59 Å². The van der Waals surface area contributed by atoms with Gasteiger partial charge >= 0.3 is 12.1 Å². The highest BCUT2D eigenvalue weighted by molar-refractivity contribution is 9.10. The van der Waals surface area contributed by atoms with E-state index in [1.54, 1.807) is 0 Å². The number of rotatable bonds is 8. The number of unbranched alkanes of at least 4 members (excludes halogenated alkanes) is 1. The number of aliphatic carboxylic acids is 1. The first-order valence-electron chi connectivity index (χ1n) is 6.63. The number of hydrogen-bond acceptors (Lipinski definition) is 4. The number of carbonyl (C=O) groups is 2. The summed E-state index contributed by atoms with van der Waals surface area (Å²) in [5, 5.41) is 11.4. The number of halogens is 1. The molecule has 0 aliphatic rings. The summed E-state index contributed by atoms with van der Waals surface area (Å²) in [4.78, 5) is 22.6. The molecule has 1 aromatic carbocycles. The summed E-state index contributed by atoms with van der Waals surface area (Å²) in [5.74, 6) is -1.08. The van der Waals surface area contributed by atoms with E-state index in [4.69, 9.17) is 15.6 Å². The van der Waals surface area contributed by atoms with Crippen LogP contribution in [0.4, 0.5) is 4.79 Å². The number of carboxylic acids is 1. The molecular formula is C14H19BrN2O4. The zero-order valence-electron chi connectivity index (χ0n) is 11.5. The van der Waals surface area contributed by atoms with E-state index in [-0.39, 0.29) is 6.61 Å². The van der Waals surface area contributed by atoms with Crippen LogP contribution < -0.4 is 11.1 Å². The van der Waals surface area contributed by atoms with Gasteiger partial charge < -0.3 is 20.9 Å². The molecule has 0 bridgehead atoms. The Balaban J connectivity index is 2.39. The molecule has 116 valence electrons. The molecule has 0 radical (unpaired) electrons. The fraction of sp³-hybridized carbons (Fsp3) is 0.429. The van der Waals surface area contributed by atoms with Gasteiger partial charge in [0.05, 0.1) is 0 Å². The minimum absolute atomic E-state index is 0.0915. The van der Waals surface area contributed by atoms with Gasteiger partial charge in [-0.25, -0.2) is 9.59 Å². The number of alkyl carbamates (subject to hydrolysis) is 1. The number of carbonyl (C=O) groups excluding carboxylic acids is 1. The lowest BCUT2D eigenvalue weighted by atomic mass is 10.1. The molecule has 0 saturated heterocycles. The van der Waals surface area contributed by atoms with E-state index < -0.39 is 18.1 Å². The minimum atomic E-state index is -1.08. The van der Waals surface area contributed by atoms with E-state index in [1.165, 1.54) is 0 Å². The fourth-order valence-corrected chi connectivity index (χ4v) is 1.93. The van der Waals surface area contributed by atoms with Gasteiger partial charge in [-0.3, -0.25) is 0 Å². The molecular weight excluding hydrogens is 340 g/mol. The average molecular weight is 359 g/mol. The summed E-state index contributed by atoms with van der Waals surface area (Å²) in [6, 6.07) is 6.35. The molecule has 0 aliphatic heterocycles. The number of benzene rings is 1. The first-order valence-corrected chi connectivity index (χ1v) is 7.43. The molecule has 0 aromatic heterocycles. The molecule has 0 fully saturated rings. The third kappa shape index (κ3) is 7.10. The van der Waals surface area contributed by atoms with Crippen LogP contribution in [0, 0.1) is 0 Å². The average Bonchev–Trinajstić information content (AvgIpc) is 2.45. The van der Waals surface area contributed by atoms with Crippen LogP contribution in [-0.2, 0) is 16.1 Å². The van der Waals surface area contributed by atoms with Gasteiger partial charge in [-0.05, 0) is 43.5 Å². The molecule has 6 nitrogen and oxygen atoms in total. The first kappa shape index (κ1) is 17.5. The normalized spacial score (nSPS) is 11.7.